The van der Waals surface area contributed by atoms with E-state index >= 15 is 0 Å². The molecule has 0 aromatic carbocycles. The van der Waals surface area contributed by atoms with Crippen LogP contribution in [0, 0.1) is 11.3 Å². The summed E-state index contributed by atoms with van der Waals surface area (Å²) >= 11 is 3.51. The highest BCUT2D eigenvalue weighted by atomic mass is 79.9. The van der Waals surface area contributed by atoms with E-state index in [-0.39, 0.29) is 0 Å². The molecule has 0 amide bonds. The fourth-order valence-corrected chi connectivity index (χ4v) is 1.87. The van der Waals surface area contributed by atoms with Crippen molar-refractivity contribution in [3.05, 3.63) is 17.5 Å². The van der Waals surface area contributed by atoms with Crippen molar-refractivity contribution in [3.8, 4) is 6.07 Å². The lowest BCUT2D eigenvalue weighted by Crippen LogP contribution is -1.93. The average molecular weight is 212 g/mol. The number of nitrogens with zero attached hydrogens (tertiary/aromatic N) is 3. The van der Waals surface area contributed by atoms with Crippen molar-refractivity contribution in [2.24, 2.45) is 0 Å². The van der Waals surface area contributed by atoms with Crippen LogP contribution in [-0.4, -0.2) is 9.78 Å². The van der Waals surface area contributed by atoms with Crippen LogP contribution in [0.4, 0.5) is 0 Å². The molecule has 0 saturated carbocycles. The van der Waals surface area contributed by atoms with E-state index in [1.54, 1.807) is 0 Å². The van der Waals surface area contributed by atoms with Crippen LogP contribution in [0.1, 0.15) is 22.6 Å². The number of hydrogen-bond acceptors (Lipinski definition) is 2. The van der Waals surface area contributed by atoms with Gasteiger partial charge in [0.2, 0.25) is 0 Å². The number of halogens is 1. The van der Waals surface area contributed by atoms with Gasteiger partial charge in [0, 0.05) is 6.54 Å². The zero-order chi connectivity index (χ0) is 7.84. The van der Waals surface area contributed by atoms with Crippen molar-refractivity contribution in [1.29, 1.82) is 5.26 Å². The summed E-state index contributed by atoms with van der Waals surface area (Å²) in [6.45, 7) is 0.924. The first kappa shape index (κ1) is 6.86. The number of aromatic nitrogens is 2. The van der Waals surface area contributed by atoms with Crippen molar-refractivity contribution in [3.63, 3.8) is 0 Å². The smallest absolute Gasteiger partial charge is 0.162 e. The average Bonchev–Trinajstić information content (AvgIpc) is 2.53. The fraction of sp³-hybridized carbons (Fsp3) is 0.429. The zero-order valence-electron chi connectivity index (χ0n) is 5.79. The standard InChI is InChI=1S/C7H6BrN3/c8-6-1-2-11-7(6)3-5(4-9)10-11/h3,6H,1-2H2/t6-/m1/s1. The Morgan fingerprint density at radius 3 is 3.27 bits per heavy atom. The van der Waals surface area contributed by atoms with Gasteiger partial charge in [-0.1, -0.05) is 15.9 Å². The molecule has 3 nitrogen and oxygen atoms in total. The van der Waals surface area contributed by atoms with Crippen LogP contribution in [-0.2, 0) is 6.54 Å². The van der Waals surface area contributed by atoms with Crippen LogP contribution in [0.5, 0.6) is 0 Å². The SMILES string of the molecule is N#Cc1cc2n(n1)CC[C@H]2Br. The van der Waals surface area contributed by atoms with Crippen molar-refractivity contribution >= 4 is 15.9 Å². The van der Waals surface area contributed by atoms with Crippen LogP contribution in [0.25, 0.3) is 0 Å². The molecule has 1 aromatic heterocycles. The maximum absolute atomic E-state index is 8.54. The maximum Gasteiger partial charge on any atom is 0.162 e. The number of alkyl halides is 1. The molecule has 2 heterocycles. The van der Waals surface area contributed by atoms with Crippen molar-refractivity contribution in [2.75, 3.05) is 0 Å². The molecule has 0 spiro atoms. The molecular weight excluding hydrogens is 206 g/mol. The second-order valence-electron chi connectivity index (χ2n) is 2.55. The molecule has 0 N–H and O–H groups in total. The van der Waals surface area contributed by atoms with Crippen LogP contribution in [0.3, 0.4) is 0 Å². The molecule has 0 saturated heterocycles. The Hall–Kier alpha value is -0.820. The highest BCUT2D eigenvalue weighted by molar-refractivity contribution is 9.09. The Morgan fingerprint density at radius 2 is 2.64 bits per heavy atom. The predicted octanol–water partition coefficient (Wildman–Crippen LogP) is 1.59. The zero-order valence-corrected chi connectivity index (χ0v) is 7.37. The minimum absolute atomic E-state index is 0.386. The lowest BCUT2D eigenvalue weighted by atomic mass is 10.3. The molecule has 0 fully saturated rings. The van der Waals surface area contributed by atoms with Crippen molar-refractivity contribution < 1.29 is 0 Å². The summed E-state index contributed by atoms with van der Waals surface area (Å²) in [5, 5.41) is 12.6. The molecule has 4 heteroatoms. The minimum Gasteiger partial charge on any atom is -0.267 e. The number of fused-ring (bicyclic) bond motifs is 1. The van der Waals surface area contributed by atoms with Crippen LogP contribution < -0.4 is 0 Å². The summed E-state index contributed by atoms with van der Waals surface area (Å²) in [4.78, 5) is 0.386. The lowest BCUT2D eigenvalue weighted by Gasteiger charge is -1.92. The number of hydrogen-bond donors (Lipinski definition) is 0. The molecule has 0 unspecified atom stereocenters. The van der Waals surface area contributed by atoms with Crippen LogP contribution in [0.2, 0.25) is 0 Å². The normalized spacial score (nSPS) is 21.3. The molecule has 2 rings (SSSR count). The summed E-state index contributed by atoms with van der Waals surface area (Å²) in [5.41, 5.74) is 1.64. The largest absolute Gasteiger partial charge is 0.267 e. The third-order valence-corrected chi connectivity index (χ3v) is 2.77. The summed E-state index contributed by atoms with van der Waals surface area (Å²) in [6, 6.07) is 3.86. The third kappa shape index (κ3) is 0.962. The fourth-order valence-electron chi connectivity index (χ4n) is 1.30. The second-order valence-corrected chi connectivity index (χ2v) is 3.65. The van der Waals surface area contributed by atoms with Crippen LogP contribution in [0.15, 0.2) is 6.07 Å². The Labute approximate surface area is 72.8 Å². The molecule has 1 aliphatic heterocycles. The summed E-state index contributed by atoms with van der Waals surface area (Å²) in [5.74, 6) is 0. The first-order chi connectivity index (χ1) is 5.31. The lowest BCUT2D eigenvalue weighted by molar-refractivity contribution is 0.653. The van der Waals surface area contributed by atoms with E-state index in [1.165, 1.54) is 0 Å². The Kier molecular flexibility index (Phi) is 1.46. The molecule has 0 aliphatic carbocycles. The predicted molar refractivity (Wildman–Crippen MR) is 43.2 cm³/mol. The quantitative estimate of drug-likeness (QED) is 0.612. The summed E-state index contributed by atoms with van der Waals surface area (Å²) < 4.78 is 1.89. The number of rotatable bonds is 0. The van der Waals surface area contributed by atoms with Gasteiger partial charge < -0.3 is 0 Å². The number of nitriles is 1. The third-order valence-electron chi connectivity index (χ3n) is 1.84. The van der Waals surface area contributed by atoms with E-state index < -0.39 is 0 Å². The van der Waals surface area contributed by atoms with Gasteiger partial charge in [-0.2, -0.15) is 10.4 Å². The van der Waals surface area contributed by atoms with E-state index in [1.807, 2.05) is 16.8 Å². The van der Waals surface area contributed by atoms with Gasteiger partial charge in [0.15, 0.2) is 5.69 Å². The highest BCUT2D eigenvalue weighted by Gasteiger charge is 2.21. The summed E-state index contributed by atoms with van der Waals surface area (Å²) in [7, 11) is 0. The van der Waals surface area contributed by atoms with Gasteiger partial charge in [0.1, 0.15) is 6.07 Å². The Bertz CT molecular complexity index is 323. The van der Waals surface area contributed by atoms with E-state index in [2.05, 4.69) is 21.0 Å². The van der Waals surface area contributed by atoms with Gasteiger partial charge in [0.25, 0.3) is 0 Å². The Balaban J connectivity index is 2.48. The van der Waals surface area contributed by atoms with Gasteiger partial charge in [0.05, 0.1) is 10.5 Å². The topological polar surface area (TPSA) is 41.6 Å². The molecule has 56 valence electrons. The maximum atomic E-state index is 8.54. The molecule has 1 aromatic rings. The first-order valence-electron chi connectivity index (χ1n) is 3.43. The first-order valence-corrected chi connectivity index (χ1v) is 4.35. The molecule has 0 radical (unpaired) electrons. The monoisotopic (exact) mass is 211 g/mol. The van der Waals surface area contributed by atoms with E-state index in [0.717, 1.165) is 18.7 Å². The van der Waals surface area contributed by atoms with Gasteiger partial charge in [-0.15, -0.1) is 0 Å². The van der Waals surface area contributed by atoms with Gasteiger partial charge in [-0.25, -0.2) is 0 Å². The highest BCUT2D eigenvalue weighted by Crippen LogP contribution is 2.32. The molecule has 1 atom stereocenters. The van der Waals surface area contributed by atoms with E-state index in [4.69, 9.17) is 5.26 Å². The van der Waals surface area contributed by atoms with Gasteiger partial charge in [-0.05, 0) is 12.5 Å². The Morgan fingerprint density at radius 1 is 1.82 bits per heavy atom. The molecule has 1 aliphatic rings. The second kappa shape index (κ2) is 2.35. The van der Waals surface area contributed by atoms with Crippen molar-refractivity contribution in [1.82, 2.24) is 9.78 Å². The number of aryl methyl sites for hydroxylation is 1. The van der Waals surface area contributed by atoms with Crippen molar-refractivity contribution in [2.45, 2.75) is 17.8 Å². The van der Waals surface area contributed by atoms with E-state index in [9.17, 15) is 0 Å². The molecular formula is C7H6BrN3. The minimum atomic E-state index is 0.386. The van der Waals surface area contributed by atoms with E-state index in [0.29, 0.717) is 10.5 Å². The molecule has 0 bridgehead atoms. The van der Waals surface area contributed by atoms with Gasteiger partial charge in [-0.3, -0.25) is 4.68 Å². The van der Waals surface area contributed by atoms with Gasteiger partial charge >= 0.3 is 0 Å². The summed E-state index contributed by atoms with van der Waals surface area (Å²) in [6.07, 6.45) is 1.08. The van der Waals surface area contributed by atoms with Crippen LogP contribution >= 0.6 is 15.9 Å². The molecule has 11 heavy (non-hydrogen) atoms.